The molecule has 0 aliphatic carbocycles. The summed E-state index contributed by atoms with van der Waals surface area (Å²) in [5, 5.41) is 1.12. The zero-order chi connectivity index (χ0) is 9.14. The van der Waals surface area contributed by atoms with Crippen LogP contribution < -0.4 is 0 Å². The monoisotopic (exact) mass is 202 g/mol. The summed E-state index contributed by atoms with van der Waals surface area (Å²) >= 11 is 11.7. The van der Waals surface area contributed by atoms with E-state index in [1.807, 2.05) is 6.92 Å². The summed E-state index contributed by atoms with van der Waals surface area (Å²) in [7, 11) is 0. The van der Waals surface area contributed by atoms with Crippen molar-refractivity contribution in [3.05, 3.63) is 33.3 Å². The maximum atomic E-state index is 10.2. The largest absolute Gasteiger partial charge is 0.303 e. The molecule has 0 aliphatic heterocycles. The number of carbonyl (C=O) groups is 1. The second-order valence-electron chi connectivity index (χ2n) is 2.58. The molecule has 0 N–H and O–H groups in total. The first-order valence-corrected chi connectivity index (χ1v) is 4.29. The molecule has 0 bridgehead atoms. The van der Waals surface area contributed by atoms with Gasteiger partial charge in [-0.05, 0) is 30.2 Å². The van der Waals surface area contributed by atoms with Gasteiger partial charge in [-0.15, -0.1) is 0 Å². The average molecular weight is 203 g/mol. The highest BCUT2D eigenvalue weighted by Gasteiger charge is 2.05. The van der Waals surface area contributed by atoms with E-state index in [0.29, 0.717) is 15.6 Å². The number of carbonyl (C=O) groups excluding carboxylic acids is 1. The fraction of sp³-hybridized carbons (Fsp3) is 0.222. The van der Waals surface area contributed by atoms with E-state index < -0.39 is 0 Å². The van der Waals surface area contributed by atoms with E-state index in [1.165, 1.54) is 0 Å². The van der Waals surface area contributed by atoms with Gasteiger partial charge in [0.2, 0.25) is 0 Å². The van der Waals surface area contributed by atoms with Crippen LogP contribution >= 0.6 is 23.2 Å². The number of hydrogen-bond donors (Lipinski definition) is 0. The minimum Gasteiger partial charge on any atom is -0.303 e. The summed E-state index contributed by atoms with van der Waals surface area (Å²) in [5.74, 6) is 0. The topological polar surface area (TPSA) is 17.1 Å². The lowest BCUT2D eigenvalue weighted by atomic mass is 10.1. The molecule has 0 spiro atoms. The first-order chi connectivity index (χ1) is 5.65. The number of benzene rings is 1. The molecule has 0 unspecified atom stereocenters. The van der Waals surface area contributed by atoms with E-state index >= 15 is 0 Å². The van der Waals surface area contributed by atoms with Crippen LogP contribution in [-0.4, -0.2) is 6.29 Å². The van der Waals surface area contributed by atoms with Crippen molar-refractivity contribution in [3.8, 4) is 0 Å². The first kappa shape index (κ1) is 9.56. The van der Waals surface area contributed by atoms with Crippen molar-refractivity contribution in [2.45, 2.75) is 13.3 Å². The lowest BCUT2D eigenvalue weighted by Crippen LogP contribution is -1.90. The van der Waals surface area contributed by atoms with Gasteiger partial charge in [-0.1, -0.05) is 23.2 Å². The molecule has 0 aromatic heterocycles. The number of halogens is 2. The van der Waals surface area contributed by atoms with Crippen LogP contribution in [0, 0.1) is 6.92 Å². The van der Waals surface area contributed by atoms with Crippen molar-refractivity contribution >= 4 is 29.5 Å². The Labute approximate surface area is 81.3 Å². The van der Waals surface area contributed by atoms with Crippen LogP contribution in [0.25, 0.3) is 0 Å². The molecule has 3 heteroatoms. The van der Waals surface area contributed by atoms with Crippen LogP contribution in [0.4, 0.5) is 0 Å². The maximum Gasteiger partial charge on any atom is 0.124 e. The number of aryl methyl sites for hydroxylation is 1. The third-order valence-corrected chi connectivity index (χ3v) is 2.25. The Hall–Kier alpha value is -0.530. The fourth-order valence-corrected chi connectivity index (χ4v) is 1.76. The van der Waals surface area contributed by atoms with Crippen molar-refractivity contribution in [2.75, 3.05) is 0 Å². The molecule has 1 rings (SSSR count). The second-order valence-corrected chi connectivity index (χ2v) is 3.39. The molecular formula is C9H8Cl2O. The molecule has 1 nitrogen and oxygen atoms in total. The van der Waals surface area contributed by atoms with Gasteiger partial charge in [-0.25, -0.2) is 0 Å². The minimum atomic E-state index is 0.276. The van der Waals surface area contributed by atoms with Gasteiger partial charge in [-0.2, -0.15) is 0 Å². The van der Waals surface area contributed by atoms with Gasteiger partial charge in [0.05, 0.1) is 0 Å². The van der Waals surface area contributed by atoms with Crippen LogP contribution in [0.3, 0.4) is 0 Å². The van der Waals surface area contributed by atoms with E-state index in [0.717, 1.165) is 11.8 Å². The van der Waals surface area contributed by atoms with Crippen molar-refractivity contribution in [2.24, 2.45) is 0 Å². The zero-order valence-electron chi connectivity index (χ0n) is 6.60. The predicted octanol–water partition coefficient (Wildman–Crippen LogP) is 3.04. The predicted molar refractivity (Wildman–Crippen MR) is 51.0 cm³/mol. The van der Waals surface area contributed by atoms with Crippen LogP contribution in [0.2, 0.25) is 10.0 Å². The summed E-state index contributed by atoms with van der Waals surface area (Å²) in [6.07, 6.45) is 1.07. The van der Waals surface area contributed by atoms with Gasteiger partial charge < -0.3 is 4.79 Å². The van der Waals surface area contributed by atoms with E-state index in [1.54, 1.807) is 12.1 Å². The highest BCUT2D eigenvalue weighted by atomic mass is 35.5. The van der Waals surface area contributed by atoms with Gasteiger partial charge in [-0.3, -0.25) is 0 Å². The highest BCUT2D eigenvalue weighted by molar-refractivity contribution is 6.36. The molecule has 64 valence electrons. The molecule has 0 saturated heterocycles. The van der Waals surface area contributed by atoms with Crippen LogP contribution in [0.5, 0.6) is 0 Å². The lowest BCUT2D eigenvalue weighted by molar-refractivity contribution is -0.107. The van der Waals surface area contributed by atoms with E-state index in [9.17, 15) is 4.79 Å². The molecule has 1 aromatic rings. The van der Waals surface area contributed by atoms with Gasteiger partial charge in [0.15, 0.2) is 0 Å². The summed E-state index contributed by atoms with van der Waals surface area (Å²) in [5.41, 5.74) is 1.71. The zero-order valence-corrected chi connectivity index (χ0v) is 8.12. The van der Waals surface area contributed by atoms with Gasteiger partial charge >= 0.3 is 0 Å². The minimum absolute atomic E-state index is 0.276. The Morgan fingerprint density at radius 1 is 1.33 bits per heavy atom. The molecule has 0 aliphatic rings. The normalized spacial score (nSPS) is 9.92. The van der Waals surface area contributed by atoms with Crippen LogP contribution in [0.15, 0.2) is 12.1 Å². The van der Waals surface area contributed by atoms with Gasteiger partial charge in [0.25, 0.3) is 0 Å². The summed E-state index contributed by atoms with van der Waals surface area (Å²) in [4.78, 5) is 10.2. The summed E-state index contributed by atoms with van der Waals surface area (Å²) in [6, 6.07) is 3.60. The molecule has 0 heterocycles. The Bertz CT molecular complexity index is 284. The molecule has 0 atom stereocenters. The lowest BCUT2D eigenvalue weighted by Gasteiger charge is -2.04. The molecule has 12 heavy (non-hydrogen) atoms. The van der Waals surface area contributed by atoms with E-state index in [4.69, 9.17) is 23.2 Å². The highest BCUT2D eigenvalue weighted by Crippen LogP contribution is 2.26. The van der Waals surface area contributed by atoms with Crippen LogP contribution in [0.1, 0.15) is 11.1 Å². The Morgan fingerprint density at radius 3 is 2.25 bits per heavy atom. The summed E-state index contributed by atoms with van der Waals surface area (Å²) < 4.78 is 0. The van der Waals surface area contributed by atoms with E-state index in [2.05, 4.69) is 0 Å². The Morgan fingerprint density at radius 2 is 1.83 bits per heavy atom. The number of hydrogen-bond acceptors (Lipinski definition) is 1. The standard InChI is InChI=1S/C9H8Cl2O/c1-6-4-8(10)7(2-3-12)9(11)5-6/h3-5H,2H2,1H3. The maximum absolute atomic E-state index is 10.2. The van der Waals surface area contributed by atoms with Gasteiger partial charge in [0.1, 0.15) is 6.29 Å². The van der Waals surface area contributed by atoms with Crippen molar-refractivity contribution in [1.29, 1.82) is 0 Å². The average Bonchev–Trinajstić information content (AvgIpc) is 1.96. The fourth-order valence-electron chi connectivity index (χ4n) is 1.01. The second kappa shape index (κ2) is 3.92. The summed E-state index contributed by atoms with van der Waals surface area (Å²) in [6.45, 7) is 1.91. The smallest absolute Gasteiger partial charge is 0.124 e. The molecule has 0 saturated carbocycles. The number of aldehydes is 1. The first-order valence-electron chi connectivity index (χ1n) is 3.53. The molecular weight excluding hydrogens is 195 g/mol. The third-order valence-electron chi connectivity index (χ3n) is 1.57. The Kier molecular flexibility index (Phi) is 3.12. The molecule has 0 amide bonds. The van der Waals surface area contributed by atoms with Crippen molar-refractivity contribution < 1.29 is 4.79 Å². The molecule has 0 fully saturated rings. The van der Waals surface area contributed by atoms with Crippen molar-refractivity contribution in [1.82, 2.24) is 0 Å². The Balaban J connectivity index is 3.18. The quantitative estimate of drug-likeness (QED) is 0.675. The molecule has 1 aromatic carbocycles. The SMILES string of the molecule is Cc1cc(Cl)c(CC=O)c(Cl)c1. The molecule has 0 radical (unpaired) electrons. The number of rotatable bonds is 2. The van der Waals surface area contributed by atoms with Gasteiger partial charge in [0, 0.05) is 16.5 Å². The van der Waals surface area contributed by atoms with Crippen molar-refractivity contribution in [3.63, 3.8) is 0 Å². The third kappa shape index (κ3) is 1.99. The van der Waals surface area contributed by atoms with Crippen LogP contribution in [-0.2, 0) is 11.2 Å². The van der Waals surface area contributed by atoms with E-state index in [-0.39, 0.29) is 6.42 Å².